The van der Waals surface area contributed by atoms with Gasteiger partial charge in [-0.1, -0.05) is 18.2 Å². The van der Waals surface area contributed by atoms with E-state index in [0.717, 1.165) is 34.8 Å². The third-order valence-corrected chi connectivity index (χ3v) is 3.68. The Morgan fingerprint density at radius 2 is 2.15 bits per heavy atom. The average molecular weight is 266 g/mol. The van der Waals surface area contributed by atoms with Gasteiger partial charge in [-0.3, -0.25) is 0 Å². The van der Waals surface area contributed by atoms with E-state index in [2.05, 4.69) is 28.5 Å². The number of anilines is 1. The number of ether oxygens (including phenoxy) is 1. The molecule has 2 aromatic carbocycles. The second-order valence-electron chi connectivity index (χ2n) is 4.94. The molecule has 0 spiro atoms. The van der Waals surface area contributed by atoms with Gasteiger partial charge in [0.25, 0.3) is 0 Å². The molecule has 1 aliphatic heterocycles. The molecular weight excluding hydrogens is 252 g/mol. The summed E-state index contributed by atoms with van der Waals surface area (Å²) < 4.78 is 11.1. The summed E-state index contributed by atoms with van der Waals surface area (Å²) in [7, 11) is 1.65. The highest BCUT2D eigenvalue weighted by Crippen LogP contribution is 2.35. The first-order valence-corrected chi connectivity index (χ1v) is 6.62. The summed E-state index contributed by atoms with van der Waals surface area (Å²) in [5.74, 6) is 1.52. The van der Waals surface area contributed by atoms with Crippen molar-refractivity contribution in [3.63, 3.8) is 0 Å². The smallest absolute Gasteiger partial charge is 0.218 e. The number of methoxy groups -OCH3 is 1. The molecule has 0 saturated carbocycles. The lowest BCUT2D eigenvalue weighted by Crippen LogP contribution is -2.05. The molecule has 4 heteroatoms. The molecule has 20 heavy (non-hydrogen) atoms. The van der Waals surface area contributed by atoms with E-state index >= 15 is 0 Å². The summed E-state index contributed by atoms with van der Waals surface area (Å²) in [4.78, 5) is 4.58. The van der Waals surface area contributed by atoms with Crippen LogP contribution in [0.25, 0.3) is 11.1 Å². The molecule has 1 aliphatic rings. The Morgan fingerprint density at radius 1 is 1.25 bits per heavy atom. The topological polar surface area (TPSA) is 47.3 Å². The van der Waals surface area contributed by atoms with E-state index < -0.39 is 0 Å². The fourth-order valence-corrected chi connectivity index (χ4v) is 2.65. The van der Waals surface area contributed by atoms with Crippen LogP contribution in [-0.2, 0) is 6.42 Å². The summed E-state index contributed by atoms with van der Waals surface area (Å²) >= 11 is 0. The van der Waals surface area contributed by atoms with Gasteiger partial charge in [0, 0.05) is 18.2 Å². The highest BCUT2D eigenvalue weighted by Gasteiger charge is 2.25. The number of oxazole rings is 1. The van der Waals surface area contributed by atoms with Crippen LogP contribution in [0.1, 0.15) is 17.5 Å². The molecule has 3 aromatic rings. The molecule has 4 nitrogen and oxygen atoms in total. The van der Waals surface area contributed by atoms with E-state index in [1.54, 1.807) is 7.11 Å². The van der Waals surface area contributed by atoms with Crippen LogP contribution in [0, 0.1) is 0 Å². The molecule has 100 valence electrons. The summed E-state index contributed by atoms with van der Waals surface area (Å²) in [6, 6.07) is 14.1. The molecule has 0 bridgehead atoms. The van der Waals surface area contributed by atoms with Crippen molar-refractivity contribution in [3.05, 3.63) is 53.9 Å². The summed E-state index contributed by atoms with van der Waals surface area (Å²) in [6.45, 7) is 0. The number of rotatable bonds is 2. The minimum Gasteiger partial charge on any atom is -0.497 e. The molecule has 1 N–H and O–H groups in total. The molecule has 0 fully saturated rings. The highest BCUT2D eigenvalue weighted by atomic mass is 16.5. The van der Waals surface area contributed by atoms with Crippen molar-refractivity contribution in [1.29, 1.82) is 0 Å². The molecule has 0 amide bonds. The minimum absolute atomic E-state index is 0.103. The standard InChI is InChI=1S/C16H14N2O2/c1-19-11-6-7-15-13(9-11)18-16(20-15)14-8-10-4-2-3-5-12(10)17-14/h2-7,9,14,17H,8H2,1H3. The summed E-state index contributed by atoms with van der Waals surface area (Å²) in [5.41, 5.74) is 4.09. The summed E-state index contributed by atoms with van der Waals surface area (Å²) in [5, 5.41) is 3.45. The second-order valence-corrected chi connectivity index (χ2v) is 4.94. The van der Waals surface area contributed by atoms with Crippen molar-refractivity contribution in [2.75, 3.05) is 12.4 Å². The molecule has 0 radical (unpaired) electrons. The van der Waals surface area contributed by atoms with Crippen molar-refractivity contribution >= 4 is 16.8 Å². The molecule has 0 saturated heterocycles. The van der Waals surface area contributed by atoms with Crippen LogP contribution < -0.4 is 10.1 Å². The van der Waals surface area contributed by atoms with Crippen LogP contribution in [0.5, 0.6) is 5.75 Å². The zero-order valence-corrected chi connectivity index (χ0v) is 11.1. The van der Waals surface area contributed by atoms with Crippen LogP contribution >= 0.6 is 0 Å². The normalized spacial score (nSPS) is 16.9. The van der Waals surface area contributed by atoms with Crippen molar-refractivity contribution in [3.8, 4) is 5.75 Å². The maximum Gasteiger partial charge on any atom is 0.218 e. The Morgan fingerprint density at radius 3 is 3.00 bits per heavy atom. The number of fused-ring (bicyclic) bond motifs is 2. The zero-order valence-electron chi connectivity index (χ0n) is 11.1. The Bertz CT molecular complexity index is 754. The predicted octanol–water partition coefficient (Wildman–Crippen LogP) is 3.55. The largest absolute Gasteiger partial charge is 0.497 e. The lowest BCUT2D eigenvalue weighted by molar-refractivity contribution is 0.415. The van der Waals surface area contributed by atoms with E-state index in [4.69, 9.17) is 9.15 Å². The van der Waals surface area contributed by atoms with Crippen LogP contribution in [0.4, 0.5) is 5.69 Å². The maximum absolute atomic E-state index is 5.85. The van der Waals surface area contributed by atoms with Crippen LogP contribution in [-0.4, -0.2) is 12.1 Å². The molecule has 1 unspecified atom stereocenters. The third kappa shape index (κ3) is 1.72. The van der Waals surface area contributed by atoms with Gasteiger partial charge in [-0.2, -0.15) is 0 Å². The number of nitrogens with one attached hydrogen (secondary N) is 1. The highest BCUT2D eigenvalue weighted by molar-refractivity contribution is 5.74. The SMILES string of the molecule is COc1ccc2oc(C3Cc4ccccc4N3)nc2c1. The number of aromatic nitrogens is 1. The Balaban J connectivity index is 1.70. The fraction of sp³-hybridized carbons (Fsp3) is 0.188. The van der Waals surface area contributed by atoms with Crippen LogP contribution in [0.3, 0.4) is 0 Å². The van der Waals surface area contributed by atoms with E-state index in [-0.39, 0.29) is 6.04 Å². The number of hydrogen-bond donors (Lipinski definition) is 1. The quantitative estimate of drug-likeness (QED) is 0.770. The van der Waals surface area contributed by atoms with Gasteiger partial charge in [-0.05, 0) is 23.8 Å². The van der Waals surface area contributed by atoms with Crippen molar-refractivity contribution in [2.45, 2.75) is 12.5 Å². The van der Waals surface area contributed by atoms with Gasteiger partial charge >= 0.3 is 0 Å². The zero-order chi connectivity index (χ0) is 13.5. The van der Waals surface area contributed by atoms with Crippen molar-refractivity contribution in [1.82, 2.24) is 4.98 Å². The van der Waals surface area contributed by atoms with Gasteiger partial charge in [0.15, 0.2) is 5.58 Å². The third-order valence-electron chi connectivity index (χ3n) is 3.68. The number of para-hydroxylation sites is 1. The van der Waals surface area contributed by atoms with Crippen LogP contribution in [0.2, 0.25) is 0 Å². The molecule has 4 rings (SSSR count). The molecular formula is C16H14N2O2. The first-order chi connectivity index (χ1) is 9.83. The van der Waals surface area contributed by atoms with E-state index in [1.807, 2.05) is 24.3 Å². The van der Waals surface area contributed by atoms with Gasteiger partial charge in [-0.25, -0.2) is 4.98 Å². The Kier molecular flexibility index (Phi) is 2.42. The monoisotopic (exact) mass is 266 g/mol. The van der Waals surface area contributed by atoms with Crippen LogP contribution in [0.15, 0.2) is 46.9 Å². The van der Waals surface area contributed by atoms with E-state index in [9.17, 15) is 0 Å². The number of hydrogen-bond acceptors (Lipinski definition) is 4. The molecule has 1 aromatic heterocycles. The van der Waals surface area contributed by atoms with E-state index in [0.29, 0.717) is 0 Å². The molecule has 2 heterocycles. The van der Waals surface area contributed by atoms with Crippen molar-refractivity contribution < 1.29 is 9.15 Å². The average Bonchev–Trinajstić information content (AvgIpc) is 3.09. The summed E-state index contributed by atoms with van der Waals surface area (Å²) in [6.07, 6.45) is 0.903. The first-order valence-electron chi connectivity index (χ1n) is 6.62. The Hall–Kier alpha value is -2.49. The second kappa shape index (κ2) is 4.27. The minimum atomic E-state index is 0.103. The predicted molar refractivity (Wildman–Crippen MR) is 77.1 cm³/mol. The van der Waals surface area contributed by atoms with Gasteiger partial charge < -0.3 is 14.5 Å². The molecule has 1 atom stereocenters. The molecule has 0 aliphatic carbocycles. The lowest BCUT2D eigenvalue weighted by atomic mass is 10.1. The van der Waals surface area contributed by atoms with Gasteiger partial charge in [0.2, 0.25) is 5.89 Å². The number of benzene rings is 2. The first kappa shape index (κ1) is 11.3. The Labute approximate surface area is 116 Å². The fourth-order valence-electron chi connectivity index (χ4n) is 2.65. The van der Waals surface area contributed by atoms with E-state index in [1.165, 1.54) is 5.56 Å². The van der Waals surface area contributed by atoms with Gasteiger partial charge in [-0.15, -0.1) is 0 Å². The van der Waals surface area contributed by atoms with Crippen molar-refractivity contribution in [2.24, 2.45) is 0 Å². The number of nitrogens with zero attached hydrogens (tertiary/aromatic N) is 1. The maximum atomic E-state index is 5.85. The van der Waals surface area contributed by atoms with Gasteiger partial charge in [0.1, 0.15) is 17.3 Å². The lowest BCUT2D eigenvalue weighted by Gasteiger charge is -2.05. The van der Waals surface area contributed by atoms with Gasteiger partial charge in [0.05, 0.1) is 7.11 Å².